The zero-order valence-corrected chi connectivity index (χ0v) is 31.4. The molecule has 4 atom stereocenters. The molecule has 0 aliphatic carbocycles. The molecule has 0 radical (unpaired) electrons. The summed E-state index contributed by atoms with van der Waals surface area (Å²) in [7, 11) is -3.49. The van der Waals surface area contributed by atoms with E-state index >= 15 is 0 Å². The summed E-state index contributed by atoms with van der Waals surface area (Å²) in [5, 5.41) is -0.942. The molecule has 0 N–H and O–H groups in total. The van der Waals surface area contributed by atoms with Crippen molar-refractivity contribution in [2.75, 3.05) is 11.5 Å². The second kappa shape index (κ2) is 14.5. The molecule has 4 unspecified atom stereocenters. The summed E-state index contributed by atoms with van der Waals surface area (Å²) in [4.78, 5) is 65.4. The van der Waals surface area contributed by atoms with Gasteiger partial charge in [0.2, 0.25) is 0 Å². The summed E-state index contributed by atoms with van der Waals surface area (Å²) in [6.07, 6.45) is 0.916. The number of fused-ring (bicyclic) bond motifs is 2. The van der Waals surface area contributed by atoms with Gasteiger partial charge in [0.1, 0.15) is 44.6 Å². The van der Waals surface area contributed by atoms with Crippen LogP contribution in [0.5, 0.6) is 0 Å². The molecule has 0 spiro atoms. The number of benzene rings is 2. The largest absolute Gasteiger partial charge is 0.480 e. The fraction of sp³-hybridized carbons (Fsp3) is 0.353. The monoisotopic (exact) mass is 756 g/mol. The molecule has 256 valence electrons. The molecule has 2 saturated heterocycles. The molecule has 4 aliphatic rings. The van der Waals surface area contributed by atoms with Crippen LogP contribution < -0.4 is 0 Å². The lowest BCUT2D eigenvalue weighted by atomic mass is 10.1. The molecule has 4 heterocycles. The van der Waals surface area contributed by atoms with Gasteiger partial charge in [-0.25, -0.2) is 9.59 Å². The van der Waals surface area contributed by atoms with E-state index in [1.165, 1.54) is 33.3 Å². The second-order valence-electron chi connectivity index (χ2n) is 12.4. The Kier molecular flexibility index (Phi) is 10.5. The van der Waals surface area contributed by atoms with Gasteiger partial charge >= 0.3 is 20.5 Å². The molecule has 6 rings (SSSR count). The van der Waals surface area contributed by atoms with Gasteiger partial charge < -0.3 is 8.85 Å². The molecular formula is C34H34Cl2N4O6S2Si. The minimum atomic E-state index is -3.49. The van der Waals surface area contributed by atoms with Gasteiger partial charge in [0.25, 0.3) is 11.8 Å². The molecule has 4 aliphatic heterocycles. The van der Waals surface area contributed by atoms with Gasteiger partial charge in [-0.2, -0.15) is 0 Å². The molecule has 0 aromatic heterocycles. The first-order valence-corrected chi connectivity index (χ1v) is 21.4. The molecule has 2 aromatic rings. The van der Waals surface area contributed by atoms with Crippen molar-refractivity contribution >= 4 is 90.5 Å². The van der Waals surface area contributed by atoms with Gasteiger partial charge in [0.05, 0.1) is 0 Å². The fourth-order valence-electron chi connectivity index (χ4n) is 5.84. The average Bonchev–Trinajstić information content (AvgIpc) is 3.06. The number of carbonyl (C=O) groups excluding carboxylic acids is 4. The minimum absolute atomic E-state index is 0.118. The maximum absolute atomic E-state index is 13.6. The predicted octanol–water partition coefficient (Wildman–Crippen LogP) is 5.65. The highest BCUT2D eigenvalue weighted by molar-refractivity contribution is 8.01. The number of alkyl halides is 2. The molecular weight excluding hydrogens is 724 g/mol. The van der Waals surface area contributed by atoms with Crippen LogP contribution in [0.25, 0.3) is 0 Å². The SMILES string of the molecule is CC1=C(C(=O)O[Si](C)(C)OC(=O)C2=C(C)CSC3/C(=N/C(Cl)Cc4ccccc4)C(=O)N23)N2C(=O)/C(=N/C(Cl)Cc3ccccc3)C2SC1. The lowest BCUT2D eigenvalue weighted by molar-refractivity contribution is -0.143. The van der Waals surface area contributed by atoms with Crippen LogP contribution in [0.3, 0.4) is 0 Å². The Labute approximate surface area is 304 Å². The van der Waals surface area contributed by atoms with Gasteiger partial charge in [0.15, 0.2) is 0 Å². The zero-order valence-electron chi connectivity index (χ0n) is 27.2. The number of carbonyl (C=O) groups is 4. The number of amides is 2. The Morgan fingerprint density at radius 2 is 1.12 bits per heavy atom. The standard InChI is InChI=1S/C34H34Cl2N4O6S2Si/c1-19-17-47-31-25(37-23(35)15-21-11-7-5-8-12-21)29(41)39(31)27(19)33(43)45-49(3,4)46-34(44)28-20(2)18-48-32-26(30(42)40(28)32)38-24(36)16-22-13-9-6-10-14-22/h5-14,23-24,31-32H,15-18H2,1-4H3/b37-25-,38-26+. The Balaban J connectivity index is 1.10. The first-order chi connectivity index (χ1) is 23.3. The van der Waals surface area contributed by atoms with Crippen molar-refractivity contribution in [1.82, 2.24) is 9.80 Å². The fourth-order valence-corrected chi connectivity index (χ4v) is 9.96. The van der Waals surface area contributed by atoms with E-state index in [2.05, 4.69) is 9.98 Å². The zero-order chi connectivity index (χ0) is 35.0. The van der Waals surface area contributed by atoms with Gasteiger partial charge in [-0.05, 0) is 36.1 Å². The van der Waals surface area contributed by atoms with Crippen LogP contribution in [0.4, 0.5) is 0 Å². The highest BCUT2D eigenvalue weighted by Crippen LogP contribution is 2.41. The Morgan fingerprint density at radius 1 is 0.755 bits per heavy atom. The third-order valence-electron chi connectivity index (χ3n) is 8.13. The van der Waals surface area contributed by atoms with Crippen molar-refractivity contribution in [3.8, 4) is 0 Å². The number of aliphatic imine (C=N–C) groups is 2. The first kappa shape index (κ1) is 35.5. The highest BCUT2D eigenvalue weighted by atomic mass is 35.5. The van der Waals surface area contributed by atoms with Gasteiger partial charge in [-0.3, -0.25) is 29.4 Å². The van der Waals surface area contributed by atoms with E-state index in [4.69, 9.17) is 32.1 Å². The van der Waals surface area contributed by atoms with Crippen LogP contribution in [-0.4, -0.2) is 86.8 Å². The van der Waals surface area contributed by atoms with E-state index in [9.17, 15) is 19.2 Å². The van der Waals surface area contributed by atoms with E-state index in [-0.39, 0.29) is 11.4 Å². The van der Waals surface area contributed by atoms with Crippen LogP contribution in [0.2, 0.25) is 13.1 Å². The minimum Gasteiger partial charge on any atom is -0.480 e. The Morgan fingerprint density at radius 3 is 1.49 bits per heavy atom. The number of hydrogen-bond donors (Lipinski definition) is 0. The van der Waals surface area contributed by atoms with Crippen molar-refractivity contribution in [2.45, 2.75) is 61.5 Å². The third kappa shape index (κ3) is 7.41. The van der Waals surface area contributed by atoms with Crippen LogP contribution in [0, 0.1) is 0 Å². The molecule has 15 heteroatoms. The lowest BCUT2D eigenvalue weighted by Gasteiger charge is -2.46. The molecule has 0 bridgehead atoms. The van der Waals surface area contributed by atoms with Gasteiger partial charge in [0, 0.05) is 37.4 Å². The molecule has 49 heavy (non-hydrogen) atoms. The summed E-state index contributed by atoms with van der Waals surface area (Å²) >= 11 is 15.9. The highest BCUT2D eigenvalue weighted by Gasteiger charge is 2.54. The number of β-lactam (4-membered cyclic amide) rings is 2. The van der Waals surface area contributed by atoms with Crippen molar-refractivity contribution in [3.63, 3.8) is 0 Å². The normalized spacial score (nSPS) is 23.5. The third-order valence-corrected chi connectivity index (χ3v) is 12.7. The summed E-state index contributed by atoms with van der Waals surface area (Å²) in [5.41, 5.74) is 2.88. The van der Waals surface area contributed by atoms with Crippen molar-refractivity contribution < 1.29 is 28.0 Å². The average molecular weight is 758 g/mol. The maximum atomic E-state index is 13.6. The van der Waals surface area contributed by atoms with Gasteiger partial charge in [-0.1, -0.05) is 83.9 Å². The van der Waals surface area contributed by atoms with Crippen LogP contribution in [0.1, 0.15) is 25.0 Å². The number of thioether (sulfide) groups is 2. The predicted molar refractivity (Wildman–Crippen MR) is 196 cm³/mol. The summed E-state index contributed by atoms with van der Waals surface area (Å²) in [6.45, 7) is 6.66. The maximum Gasteiger partial charge on any atom is 0.458 e. The second-order valence-corrected chi connectivity index (χ2v) is 18.7. The van der Waals surface area contributed by atoms with Gasteiger partial charge in [-0.15, -0.1) is 23.5 Å². The number of nitrogens with zero attached hydrogens (tertiary/aromatic N) is 4. The van der Waals surface area contributed by atoms with E-state index in [0.29, 0.717) is 46.9 Å². The van der Waals surface area contributed by atoms with E-state index in [0.717, 1.165) is 11.1 Å². The summed E-state index contributed by atoms with van der Waals surface area (Å²) in [5.74, 6) is -1.38. The Bertz CT molecular complexity index is 1690. The van der Waals surface area contributed by atoms with Crippen LogP contribution >= 0.6 is 46.7 Å². The quantitative estimate of drug-likeness (QED) is 0.132. The van der Waals surface area contributed by atoms with Crippen molar-refractivity contribution in [3.05, 3.63) is 94.3 Å². The molecule has 0 saturated carbocycles. The molecule has 2 amide bonds. The number of rotatable bonds is 10. The Hall–Kier alpha value is -3.36. The van der Waals surface area contributed by atoms with E-state index < -0.39 is 54.1 Å². The summed E-state index contributed by atoms with van der Waals surface area (Å²) in [6, 6.07) is 19.3. The van der Waals surface area contributed by atoms with Crippen molar-refractivity contribution in [1.29, 1.82) is 0 Å². The molecule has 2 aromatic carbocycles. The number of halogens is 2. The van der Waals surface area contributed by atoms with E-state index in [1.54, 1.807) is 26.9 Å². The molecule has 2 fully saturated rings. The van der Waals surface area contributed by atoms with Crippen molar-refractivity contribution in [2.24, 2.45) is 9.98 Å². The first-order valence-electron chi connectivity index (χ1n) is 15.6. The lowest BCUT2D eigenvalue weighted by Crippen LogP contribution is -2.63. The van der Waals surface area contributed by atoms with Crippen LogP contribution in [0.15, 0.2) is 93.2 Å². The topological polar surface area (TPSA) is 118 Å². The number of hydrogen-bond acceptors (Lipinski definition) is 10. The van der Waals surface area contributed by atoms with E-state index in [1.807, 2.05) is 60.7 Å². The smallest absolute Gasteiger partial charge is 0.458 e. The van der Waals surface area contributed by atoms with Crippen LogP contribution in [-0.2, 0) is 40.9 Å². The molecule has 10 nitrogen and oxygen atoms in total. The summed E-state index contributed by atoms with van der Waals surface area (Å²) < 4.78 is 11.7.